The molecule has 80 valence electrons. The van der Waals surface area contributed by atoms with Gasteiger partial charge in [-0.05, 0) is 19.1 Å². The van der Waals surface area contributed by atoms with Crippen LogP contribution < -0.4 is 5.32 Å². The Kier molecular flexibility index (Phi) is 3.38. The maximum absolute atomic E-state index is 13.4. The summed E-state index contributed by atoms with van der Waals surface area (Å²) in [7, 11) is 0. The van der Waals surface area contributed by atoms with Crippen molar-refractivity contribution in [2.75, 3.05) is 11.9 Å². The summed E-state index contributed by atoms with van der Waals surface area (Å²) in [6.07, 6.45) is 0.924. The molecule has 1 aromatic rings. The van der Waals surface area contributed by atoms with Gasteiger partial charge in [0.25, 0.3) is 0 Å². The van der Waals surface area contributed by atoms with Gasteiger partial charge in [-0.1, -0.05) is 0 Å². The van der Waals surface area contributed by atoms with Crippen molar-refractivity contribution < 1.29 is 14.3 Å². The predicted octanol–water partition coefficient (Wildman–Crippen LogP) is 1.95. The Balaban J connectivity index is 3.30. The number of aromatic carboxylic acids is 1. The average Bonchev–Trinajstić information content (AvgIpc) is 2.20. The molecule has 15 heavy (non-hydrogen) atoms. The maximum Gasteiger partial charge on any atom is 0.335 e. The van der Waals surface area contributed by atoms with Crippen LogP contribution in [0, 0.1) is 11.2 Å². The monoisotopic (exact) mass is 210 g/mol. The van der Waals surface area contributed by atoms with Gasteiger partial charge >= 0.3 is 5.97 Å². The summed E-state index contributed by atoms with van der Waals surface area (Å²) in [5, 5.41) is 18.5. The van der Waals surface area contributed by atoms with Crippen LogP contribution in [0.15, 0.2) is 12.1 Å². The third-order valence-electron chi connectivity index (χ3n) is 1.88. The Labute approximate surface area is 86.2 Å². The molecule has 0 atom stereocenters. The smallest absolute Gasteiger partial charge is 0.335 e. The molecule has 0 spiro atoms. The maximum atomic E-state index is 13.4. The molecule has 4 nitrogen and oxygen atoms in total. The molecule has 0 amide bonds. The van der Waals surface area contributed by atoms with E-state index in [0.717, 1.165) is 12.3 Å². The Morgan fingerprint density at radius 2 is 2.33 bits per heavy atom. The van der Waals surface area contributed by atoms with E-state index in [1.807, 2.05) is 0 Å². The van der Waals surface area contributed by atoms with Gasteiger partial charge in [0.2, 0.25) is 0 Å². The van der Waals surface area contributed by atoms with E-state index in [9.17, 15) is 9.18 Å². The van der Waals surface area contributed by atoms with Crippen LogP contribution in [-0.2, 0) is 0 Å². The summed E-state index contributed by atoms with van der Waals surface area (Å²) < 4.78 is 13.4. The highest BCUT2D eigenvalue weighted by Gasteiger charge is 2.12. The van der Waals surface area contributed by atoms with E-state index in [1.54, 1.807) is 6.92 Å². The van der Waals surface area contributed by atoms with E-state index in [0.29, 0.717) is 6.54 Å². The number of hydrogen-bond donors (Lipinski definition) is 3. The molecule has 0 aliphatic carbocycles. The first kappa shape index (κ1) is 11.2. The van der Waals surface area contributed by atoms with Crippen LogP contribution in [0.5, 0.6) is 0 Å². The highest BCUT2D eigenvalue weighted by Crippen LogP contribution is 2.20. The largest absolute Gasteiger partial charge is 0.478 e. The van der Waals surface area contributed by atoms with E-state index in [4.69, 9.17) is 10.5 Å². The molecule has 5 heteroatoms. The van der Waals surface area contributed by atoms with Gasteiger partial charge < -0.3 is 15.8 Å². The summed E-state index contributed by atoms with van der Waals surface area (Å²) >= 11 is 0. The van der Waals surface area contributed by atoms with Crippen LogP contribution in [0.1, 0.15) is 22.8 Å². The fourth-order valence-electron chi connectivity index (χ4n) is 1.23. The lowest BCUT2D eigenvalue weighted by Gasteiger charge is -2.09. The molecule has 0 saturated heterocycles. The van der Waals surface area contributed by atoms with E-state index >= 15 is 0 Å². The molecule has 0 fully saturated rings. The molecule has 0 saturated carbocycles. The molecule has 0 aromatic heterocycles. The van der Waals surface area contributed by atoms with Crippen molar-refractivity contribution in [1.29, 1.82) is 5.41 Å². The lowest BCUT2D eigenvalue weighted by Crippen LogP contribution is -2.06. The number of anilines is 1. The number of carboxylic acid groups (broad SMARTS) is 1. The van der Waals surface area contributed by atoms with Crippen molar-refractivity contribution in [3.8, 4) is 0 Å². The summed E-state index contributed by atoms with van der Waals surface area (Å²) in [5.41, 5.74) is 0.236. The van der Waals surface area contributed by atoms with Crippen LogP contribution in [-0.4, -0.2) is 23.8 Å². The van der Waals surface area contributed by atoms with E-state index in [2.05, 4.69) is 5.32 Å². The quantitative estimate of drug-likeness (QED) is 0.665. The summed E-state index contributed by atoms with van der Waals surface area (Å²) in [6.45, 7) is 2.29. The molecule has 3 N–H and O–H groups in total. The molecule has 0 heterocycles. The van der Waals surface area contributed by atoms with Gasteiger partial charge in [0.05, 0.1) is 11.3 Å². The first-order valence-corrected chi connectivity index (χ1v) is 4.41. The standard InChI is InChI=1S/C10H11FN2O2/c1-2-13-9-7(5-12)3-6(10(14)15)4-8(9)11/h3-5,12-13H,2H2,1H3,(H,14,15). The minimum Gasteiger partial charge on any atom is -0.478 e. The number of nitrogens with one attached hydrogen (secondary N) is 2. The zero-order chi connectivity index (χ0) is 11.4. The molecular weight excluding hydrogens is 199 g/mol. The molecule has 1 rings (SSSR count). The van der Waals surface area contributed by atoms with Gasteiger partial charge in [-0.15, -0.1) is 0 Å². The van der Waals surface area contributed by atoms with E-state index < -0.39 is 11.8 Å². The molecule has 0 bridgehead atoms. The van der Waals surface area contributed by atoms with Crippen molar-refractivity contribution in [3.63, 3.8) is 0 Å². The molecule has 1 aromatic carbocycles. The topological polar surface area (TPSA) is 73.2 Å². The fourth-order valence-corrected chi connectivity index (χ4v) is 1.23. The molecule has 0 aliphatic heterocycles. The van der Waals surface area contributed by atoms with Crippen LogP contribution >= 0.6 is 0 Å². The van der Waals surface area contributed by atoms with Crippen LogP contribution in [0.4, 0.5) is 10.1 Å². The minimum atomic E-state index is -1.21. The summed E-state index contributed by atoms with van der Waals surface area (Å²) in [4.78, 5) is 10.6. The number of carboxylic acids is 1. The van der Waals surface area contributed by atoms with E-state index in [1.165, 1.54) is 6.07 Å². The number of carbonyl (C=O) groups is 1. The molecule has 0 radical (unpaired) electrons. The van der Waals surface area contributed by atoms with Crippen molar-refractivity contribution in [3.05, 3.63) is 29.1 Å². The Morgan fingerprint density at radius 1 is 1.67 bits per heavy atom. The molecular formula is C10H11FN2O2. The second-order valence-electron chi connectivity index (χ2n) is 2.90. The first-order valence-electron chi connectivity index (χ1n) is 4.41. The SMILES string of the molecule is CCNc1c(F)cc(C(=O)O)cc1C=N. The third kappa shape index (κ3) is 2.31. The van der Waals surface area contributed by atoms with Gasteiger partial charge in [0, 0.05) is 18.3 Å². The van der Waals surface area contributed by atoms with Crippen LogP contribution in [0.2, 0.25) is 0 Å². The van der Waals surface area contributed by atoms with Gasteiger partial charge in [0.15, 0.2) is 0 Å². The van der Waals surface area contributed by atoms with Crippen molar-refractivity contribution in [2.45, 2.75) is 6.92 Å². The third-order valence-corrected chi connectivity index (χ3v) is 1.88. The van der Waals surface area contributed by atoms with Gasteiger partial charge in [-0.2, -0.15) is 0 Å². The zero-order valence-electron chi connectivity index (χ0n) is 8.17. The number of benzene rings is 1. The van der Waals surface area contributed by atoms with E-state index in [-0.39, 0.29) is 16.8 Å². The second-order valence-corrected chi connectivity index (χ2v) is 2.90. The normalized spacial score (nSPS) is 9.73. The Bertz CT molecular complexity index is 405. The second kappa shape index (κ2) is 4.54. The number of halogens is 1. The van der Waals surface area contributed by atoms with Gasteiger partial charge in [-0.25, -0.2) is 9.18 Å². The Hall–Kier alpha value is -1.91. The van der Waals surface area contributed by atoms with Gasteiger partial charge in [-0.3, -0.25) is 0 Å². The number of hydrogen-bond acceptors (Lipinski definition) is 3. The van der Waals surface area contributed by atoms with Crippen LogP contribution in [0.3, 0.4) is 0 Å². The lowest BCUT2D eigenvalue weighted by atomic mass is 10.1. The van der Waals surface area contributed by atoms with Crippen molar-refractivity contribution in [1.82, 2.24) is 0 Å². The average molecular weight is 210 g/mol. The van der Waals surface area contributed by atoms with Crippen molar-refractivity contribution >= 4 is 17.9 Å². The highest BCUT2D eigenvalue weighted by atomic mass is 19.1. The first-order chi connectivity index (χ1) is 7.10. The van der Waals surface area contributed by atoms with Crippen LogP contribution in [0.25, 0.3) is 0 Å². The molecule has 0 aliphatic rings. The Morgan fingerprint density at radius 3 is 2.80 bits per heavy atom. The predicted molar refractivity (Wildman–Crippen MR) is 55.4 cm³/mol. The molecule has 0 unspecified atom stereocenters. The lowest BCUT2D eigenvalue weighted by molar-refractivity contribution is 0.0696. The summed E-state index contributed by atoms with van der Waals surface area (Å²) in [6, 6.07) is 2.20. The highest BCUT2D eigenvalue weighted by molar-refractivity contribution is 5.94. The fraction of sp³-hybridized carbons (Fsp3) is 0.200. The van der Waals surface area contributed by atoms with Crippen molar-refractivity contribution in [2.24, 2.45) is 0 Å². The van der Waals surface area contributed by atoms with Gasteiger partial charge in [0.1, 0.15) is 5.82 Å². The minimum absolute atomic E-state index is 0.160. The summed E-state index contributed by atoms with van der Waals surface area (Å²) in [5.74, 6) is -1.87. The number of rotatable bonds is 4. The zero-order valence-corrected chi connectivity index (χ0v) is 8.17.